The standard InChI is InChI=1S/C19H19BrN4OS/c1-13(15-9-5-6-10-16(15)20)21-18(25)11-17-22-23-19(26)24(17)12-14-7-3-2-4-8-14/h2-10,13H,11-12H2,1H3,(H,21,25)(H,23,26). The van der Waals surface area contributed by atoms with E-state index in [0.717, 1.165) is 15.6 Å². The highest BCUT2D eigenvalue weighted by atomic mass is 79.9. The number of carbonyl (C=O) groups is 1. The third-order valence-electron chi connectivity index (χ3n) is 4.09. The van der Waals surface area contributed by atoms with Gasteiger partial charge in [-0.1, -0.05) is 64.5 Å². The van der Waals surface area contributed by atoms with Gasteiger partial charge in [-0.15, -0.1) is 0 Å². The minimum absolute atomic E-state index is 0.100. The minimum Gasteiger partial charge on any atom is -0.349 e. The van der Waals surface area contributed by atoms with Crippen molar-refractivity contribution in [3.63, 3.8) is 0 Å². The Morgan fingerprint density at radius 2 is 1.92 bits per heavy atom. The minimum atomic E-state index is -0.109. The average molecular weight is 431 g/mol. The molecule has 2 N–H and O–H groups in total. The first-order chi connectivity index (χ1) is 12.5. The van der Waals surface area contributed by atoms with Gasteiger partial charge in [0.25, 0.3) is 0 Å². The maximum Gasteiger partial charge on any atom is 0.228 e. The molecule has 1 amide bonds. The van der Waals surface area contributed by atoms with Crippen LogP contribution in [0.15, 0.2) is 59.1 Å². The van der Waals surface area contributed by atoms with Gasteiger partial charge in [-0.25, -0.2) is 0 Å². The third kappa shape index (κ3) is 4.47. The number of aromatic amines is 1. The molecule has 1 aromatic heterocycles. The second-order valence-electron chi connectivity index (χ2n) is 6.00. The van der Waals surface area contributed by atoms with E-state index in [1.807, 2.05) is 66.1 Å². The maximum absolute atomic E-state index is 12.5. The molecule has 3 aromatic rings. The summed E-state index contributed by atoms with van der Waals surface area (Å²) in [4.78, 5) is 12.5. The van der Waals surface area contributed by atoms with Crippen molar-refractivity contribution >= 4 is 34.1 Å². The first-order valence-corrected chi connectivity index (χ1v) is 9.46. The summed E-state index contributed by atoms with van der Waals surface area (Å²) in [5.41, 5.74) is 2.14. The molecule has 26 heavy (non-hydrogen) atoms. The molecule has 3 rings (SSSR count). The van der Waals surface area contributed by atoms with Gasteiger partial charge in [0.2, 0.25) is 5.91 Å². The summed E-state index contributed by atoms with van der Waals surface area (Å²) in [6.45, 7) is 2.54. The Labute approximate surface area is 165 Å². The Kier molecular flexibility index (Phi) is 6.00. The number of H-pyrrole nitrogens is 1. The average Bonchev–Trinajstić information content (AvgIpc) is 2.96. The molecule has 0 aliphatic heterocycles. The molecule has 1 atom stereocenters. The molecule has 0 aliphatic carbocycles. The molecular formula is C19H19BrN4OS. The first kappa shape index (κ1) is 18.5. The van der Waals surface area contributed by atoms with Crippen molar-refractivity contribution in [3.8, 4) is 0 Å². The quantitative estimate of drug-likeness (QED) is 0.576. The number of hydrogen-bond acceptors (Lipinski definition) is 3. The lowest BCUT2D eigenvalue weighted by Crippen LogP contribution is -2.29. The molecule has 0 fully saturated rings. The van der Waals surface area contributed by atoms with E-state index in [-0.39, 0.29) is 18.4 Å². The van der Waals surface area contributed by atoms with Crippen LogP contribution in [0.3, 0.4) is 0 Å². The Balaban J connectivity index is 1.70. The van der Waals surface area contributed by atoms with Gasteiger partial charge in [0.1, 0.15) is 5.82 Å². The van der Waals surface area contributed by atoms with E-state index in [1.165, 1.54) is 0 Å². The number of halogens is 1. The molecule has 0 saturated carbocycles. The van der Waals surface area contributed by atoms with Crippen LogP contribution in [-0.4, -0.2) is 20.7 Å². The molecule has 1 unspecified atom stereocenters. The fourth-order valence-corrected chi connectivity index (χ4v) is 3.60. The smallest absolute Gasteiger partial charge is 0.228 e. The van der Waals surface area contributed by atoms with Crippen LogP contribution in [0.25, 0.3) is 0 Å². The largest absolute Gasteiger partial charge is 0.349 e. The summed E-state index contributed by atoms with van der Waals surface area (Å²) < 4.78 is 3.34. The normalized spacial score (nSPS) is 11.9. The van der Waals surface area contributed by atoms with Gasteiger partial charge in [0.15, 0.2) is 4.77 Å². The molecular weight excluding hydrogens is 412 g/mol. The first-order valence-electron chi connectivity index (χ1n) is 8.26. The van der Waals surface area contributed by atoms with E-state index in [1.54, 1.807) is 0 Å². The molecule has 0 aliphatic rings. The zero-order valence-corrected chi connectivity index (χ0v) is 16.7. The highest BCUT2D eigenvalue weighted by Crippen LogP contribution is 2.22. The lowest BCUT2D eigenvalue weighted by Gasteiger charge is -2.16. The highest BCUT2D eigenvalue weighted by molar-refractivity contribution is 9.10. The Bertz CT molecular complexity index is 951. The molecule has 0 saturated heterocycles. The van der Waals surface area contributed by atoms with Gasteiger partial charge in [0.05, 0.1) is 19.0 Å². The van der Waals surface area contributed by atoms with Crippen molar-refractivity contribution in [2.75, 3.05) is 0 Å². The van der Waals surface area contributed by atoms with E-state index in [4.69, 9.17) is 12.2 Å². The molecule has 134 valence electrons. The number of hydrogen-bond donors (Lipinski definition) is 2. The fraction of sp³-hybridized carbons (Fsp3) is 0.211. The molecule has 7 heteroatoms. The van der Waals surface area contributed by atoms with E-state index in [2.05, 4.69) is 31.4 Å². The van der Waals surface area contributed by atoms with Crippen LogP contribution in [0.4, 0.5) is 0 Å². The van der Waals surface area contributed by atoms with Crippen LogP contribution in [0.5, 0.6) is 0 Å². The topological polar surface area (TPSA) is 62.7 Å². The maximum atomic E-state index is 12.5. The van der Waals surface area contributed by atoms with Crippen molar-refractivity contribution < 1.29 is 4.79 Å². The van der Waals surface area contributed by atoms with Crippen molar-refractivity contribution in [2.24, 2.45) is 0 Å². The van der Waals surface area contributed by atoms with Crippen LogP contribution in [-0.2, 0) is 17.8 Å². The number of carbonyl (C=O) groups excluding carboxylic acids is 1. The van der Waals surface area contributed by atoms with Crippen molar-refractivity contribution in [3.05, 3.63) is 80.8 Å². The fourth-order valence-electron chi connectivity index (χ4n) is 2.75. The van der Waals surface area contributed by atoms with Crippen molar-refractivity contribution in [1.29, 1.82) is 0 Å². The summed E-state index contributed by atoms with van der Waals surface area (Å²) in [5.74, 6) is 0.521. The lowest BCUT2D eigenvalue weighted by molar-refractivity contribution is -0.121. The molecule has 0 bridgehead atoms. The van der Waals surface area contributed by atoms with Gasteiger partial charge < -0.3 is 5.32 Å². The highest BCUT2D eigenvalue weighted by Gasteiger charge is 2.15. The number of benzene rings is 2. The van der Waals surface area contributed by atoms with Crippen molar-refractivity contribution in [1.82, 2.24) is 20.1 Å². The number of nitrogens with one attached hydrogen (secondary N) is 2. The summed E-state index contributed by atoms with van der Waals surface area (Å²) in [6.07, 6.45) is 0.161. The SMILES string of the molecule is CC(NC(=O)Cc1n[nH]c(=S)n1Cc1ccccc1)c1ccccc1Br. The van der Waals surface area contributed by atoms with E-state index in [9.17, 15) is 4.79 Å². The van der Waals surface area contributed by atoms with Crippen LogP contribution in [0.1, 0.15) is 29.9 Å². The molecule has 0 spiro atoms. The third-order valence-corrected chi connectivity index (χ3v) is 5.12. The second kappa shape index (κ2) is 8.42. The summed E-state index contributed by atoms with van der Waals surface area (Å²) in [6, 6.07) is 17.7. The van der Waals surface area contributed by atoms with Gasteiger partial charge in [-0.2, -0.15) is 5.10 Å². The van der Waals surface area contributed by atoms with Crippen molar-refractivity contribution in [2.45, 2.75) is 25.9 Å². The Morgan fingerprint density at radius 3 is 2.65 bits per heavy atom. The summed E-state index contributed by atoms with van der Waals surface area (Å²) >= 11 is 8.83. The number of aromatic nitrogens is 3. The molecule has 1 heterocycles. The van der Waals surface area contributed by atoms with Gasteiger partial charge in [-0.3, -0.25) is 14.5 Å². The van der Waals surface area contributed by atoms with Gasteiger partial charge in [0, 0.05) is 4.47 Å². The van der Waals surface area contributed by atoms with Crippen LogP contribution in [0, 0.1) is 4.77 Å². The predicted molar refractivity (Wildman–Crippen MR) is 107 cm³/mol. The van der Waals surface area contributed by atoms with E-state index < -0.39 is 0 Å². The zero-order valence-electron chi connectivity index (χ0n) is 14.3. The lowest BCUT2D eigenvalue weighted by atomic mass is 10.1. The monoisotopic (exact) mass is 430 g/mol. The molecule has 0 radical (unpaired) electrons. The van der Waals surface area contributed by atoms with E-state index >= 15 is 0 Å². The number of nitrogens with zero attached hydrogens (tertiary/aromatic N) is 2. The van der Waals surface area contributed by atoms with Gasteiger partial charge in [-0.05, 0) is 36.3 Å². The molecule has 5 nitrogen and oxygen atoms in total. The van der Waals surface area contributed by atoms with Gasteiger partial charge >= 0.3 is 0 Å². The second-order valence-corrected chi connectivity index (χ2v) is 7.25. The zero-order chi connectivity index (χ0) is 18.5. The number of amides is 1. The number of rotatable bonds is 6. The van der Waals surface area contributed by atoms with Crippen LogP contribution >= 0.6 is 28.1 Å². The summed E-state index contributed by atoms with van der Waals surface area (Å²) in [5, 5.41) is 10.0. The van der Waals surface area contributed by atoms with Crippen LogP contribution < -0.4 is 5.32 Å². The Morgan fingerprint density at radius 1 is 1.23 bits per heavy atom. The summed E-state index contributed by atoms with van der Waals surface area (Å²) in [7, 11) is 0. The van der Waals surface area contributed by atoms with Crippen LogP contribution in [0.2, 0.25) is 0 Å². The predicted octanol–water partition coefficient (Wildman–Crippen LogP) is 4.17. The Hall–Kier alpha value is -2.25. The molecule has 2 aromatic carbocycles. The van der Waals surface area contributed by atoms with E-state index in [0.29, 0.717) is 17.1 Å².